The minimum atomic E-state index is -4.81. The van der Waals surface area contributed by atoms with Crippen LogP contribution < -0.4 is 20.3 Å². The van der Waals surface area contributed by atoms with Gasteiger partial charge in [0.1, 0.15) is 17.5 Å². The van der Waals surface area contributed by atoms with Gasteiger partial charge in [-0.2, -0.15) is 18.2 Å². The van der Waals surface area contributed by atoms with E-state index < -0.39 is 22.4 Å². The molecule has 4 rings (SSSR count). The van der Waals surface area contributed by atoms with Crippen molar-refractivity contribution in [3.63, 3.8) is 0 Å². The minimum absolute atomic E-state index is 0.0710. The van der Waals surface area contributed by atoms with Crippen molar-refractivity contribution in [3.8, 4) is 5.88 Å². The number of anilines is 2. The number of ether oxygens (including phenoxy) is 1. The molecular weight excluding hydrogens is 493 g/mol. The standard InChI is InChI=1S/C24H29F3N6O4/c1-28-23(34)32-13-11-31(12-14-32)21-3-2-4-22(30-21)37-18-8-5-16(6-9-18)29-17-7-10-20(33(35)36)19(15-17)24(25,26)27/h2-4,7,10,15-16,18,29H,5-6,8-9,11-14H2,1H3,(H,28,34). The first-order chi connectivity index (χ1) is 17.6. The van der Waals surface area contributed by atoms with E-state index in [2.05, 4.69) is 20.5 Å². The summed E-state index contributed by atoms with van der Waals surface area (Å²) in [6.45, 7) is 2.53. The van der Waals surface area contributed by atoms with Gasteiger partial charge in [-0.3, -0.25) is 10.1 Å². The van der Waals surface area contributed by atoms with Crippen molar-refractivity contribution in [2.24, 2.45) is 0 Å². The Morgan fingerprint density at radius 2 is 1.81 bits per heavy atom. The van der Waals surface area contributed by atoms with Gasteiger partial charge in [0, 0.05) is 57.1 Å². The SMILES string of the molecule is CNC(=O)N1CCN(c2cccc(OC3CCC(Nc4ccc([N+](=O)[O-])c(C(F)(F)F)c4)CC3)n2)CC1. The summed E-state index contributed by atoms with van der Waals surface area (Å²) in [5.74, 6) is 1.29. The number of nitro groups is 1. The van der Waals surface area contributed by atoms with Crippen LogP contribution in [0.1, 0.15) is 31.2 Å². The van der Waals surface area contributed by atoms with Gasteiger partial charge in [0.15, 0.2) is 0 Å². The Labute approximate surface area is 211 Å². The van der Waals surface area contributed by atoms with Gasteiger partial charge in [-0.25, -0.2) is 4.79 Å². The van der Waals surface area contributed by atoms with Crippen LogP contribution in [-0.4, -0.2) is 66.2 Å². The molecule has 2 N–H and O–H groups in total. The Morgan fingerprint density at radius 1 is 1.11 bits per heavy atom. The highest BCUT2D eigenvalue weighted by molar-refractivity contribution is 5.74. The molecule has 2 amide bonds. The third-order valence-corrected chi connectivity index (χ3v) is 6.64. The predicted octanol–water partition coefficient (Wildman–Crippen LogP) is 4.27. The highest BCUT2D eigenvalue weighted by Crippen LogP contribution is 2.38. The summed E-state index contributed by atoms with van der Waals surface area (Å²) in [5, 5.41) is 16.7. The molecule has 10 nitrogen and oxygen atoms in total. The number of amides is 2. The Balaban J connectivity index is 1.30. The maximum atomic E-state index is 13.3. The number of alkyl halides is 3. The monoisotopic (exact) mass is 522 g/mol. The van der Waals surface area contributed by atoms with Crippen LogP contribution in [0.3, 0.4) is 0 Å². The van der Waals surface area contributed by atoms with E-state index in [0.717, 1.165) is 18.0 Å². The third kappa shape index (κ3) is 6.52. The average molecular weight is 523 g/mol. The highest BCUT2D eigenvalue weighted by atomic mass is 19.4. The molecule has 2 fully saturated rings. The lowest BCUT2D eigenvalue weighted by Gasteiger charge is -2.35. The number of aromatic nitrogens is 1. The van der Waals surface area contributed by atoms with Crippen molar-refractivity contribution < 1.29 is 27.6 Å². The zero-order valence-corrected chi connectivity index (χ0v) is 20.3. The largest absolute Gasteiger partial charge is 0.474 e. The molecule has 2 aromatic rings. The number of benzene rings is 1. The van der Waals surface area contributed by atoms with Crippen LogP contribution in [0.15, 0.2) is 36.4 Å². The van der Waals surface area contributed by atoms with Crippen LogP contribution in [0.5, 0.6) is 5.88 Å². The number of rotatable bonds is 6. The first-order valence-electron chi connectivity index (χ1n) is 12.1. The summed E-state index contributed by atoms with van der Waals surface area (Å²) >= 11 is 0. The molecular formula is C24H29F3N6O4. The van der Waals surface area contributed by atoms with Crippen molar-refractivity contribution in [2.75, 3.05) is 43.4 Å². The fourth-order valence-electron chi connectivity index (χ4n) is 4.69. The second-order valence-electron chi connectivity index (χ2n) is 9.09. The van der Waals surface area contributed by atoms with Crippen molar-refractivity contribution in [1.82, 2.24) is 15.2 Å². The number of nitrogens with one attached hydrogen (secondary N) is 2. The molecule has 200 valence electrons. The normalized spacial score (nSPS) is 20.3. The molecule has 1 saturated carbocycles. The van der Waals surface area contributed by atoms with E-state index in [1.54, 1.807) is 18.0 Å². The van der Waals surface area contributed by atoms with Crippen LogP contribution in [0.25, 0.3) is 0 Å². The third-order valence-electron chi connectivity index (χ3n) is 6.64. The average Bonchev–Trinajstić information content (AvgIpc) is 2.89. The Bertz CT molecular complexity index is 1120. The van der Waals surface area contributed by atoms with Crippen LogP contribution >= 0.6 is 0 Å². The summed E-state index contributed by atoms with van der Waals surface area (Å²) in [5.41, 5.74) is -2.02. The van der Waals surface area contributed by atoms with E-state index >= 15 is 0 Å². The number of piperazine rings is 1. The minimum Gasteiger partial charge on any atom is -0.474 e. The highest BCUT2D eigenvalue weighted by Gasteiger charge is 2.38. The number of carbonyl (C=O) groups is 1. The van der Waals surface area contributed by atoms with Crippen molar-refractivity contribution >= 4 is 23.2 Å². The van der Waals surface area contributed by atoms with Gasteiger partial charge in [-0.15, -0.1) is 0 Å². The Morgan fingerprint density at radius 3 is 2.43 bits per heavy atom. The molecule has 2 heterocycles. The maximum Gasteiger partial charge on any atom is 0.423 e. The van der Waals surface area contributed by atoms with E-state index in [4.69, 9.17) is 4.74 Å². The van der Waals surface area contributed by atoms with Crippen LogP contribution in [0.4, 0.5) is 35.2 Å². The molecule has 1 aliphatic carbocycles. The fourth-order valence-corrected chi connectivity index (χ4v) is 4.69. The maximum absolute atomic E-state index is 13.3. The summed E-state index contributed by atoms with van der Waals surface area (Å²) in [6.07, 6.45) is -2.17. The first kappa shape index (κ1) is 26.3. The van der Waals surface area contributed by atoms with Gasteiger partial charge >= 0.3 is 12.2 Å². The van der Waals surface area contributed by atoms with Gasteiger partial charge in [0.25, 0.3) is 5.69 Å². The topological polar surface area (TPSA) is 113 Å². The second kappa shape index (κ2) is 11.1. The lowest BCUT2D eigenvalue weighted by atomic mass is 9.92. The molecule has 1 saturated heterocycles. The van der Waals surface area contributed by atoms with Gasteiger partial charge in [0.2, 0.25) is 5.88 Å². The van der Waals surface area contributed by atoms with E-state index in [1.165, 1.54) is 6.07 Å². The molecule has 13 heteroatoms. The Kier molecular flexibility index (Phi) is 7.89. The van der Waals surface area contributed by atoms with Crippen molar-refractivity contribution in [3.05, 3.63) is 52.1 Å². The molecule has 0 bridgehead atoms. The number of hydrogen-bond acceptors (Lipinski definition) is 7. The summed E-state index contributed by atoms with van der Waals surface area (Å²) < 4.78 is 45.9. The van der Waals surface area contributed by atoms with E-state index in [9.17, 15) is 28.1 Å². The molecule has 37 heavy (non-hydrogen) atoms. The molecule has 1 aromatic heterocycles. The van der Waals surface area contributed by atoms with Gasteiger partial charge in [-0.1, -0.05) is 6.07 Å². The summed E-state index contributed by atoms with van der Waals surface area (Å²) in [7, 11) is 1.61. The van der Waals surface area contributed by atoms with E-state index in [0.29, 0.717) is 57.7 Å². The summed E-state index contributed by atoms with van der Waals surface area (Å²) in [6, 6.07) is 8.40. The van der Waals surface area contributed by atoms with E-state index in [1.807, 2.05) is 12.1 Å². The van der Waals surface area contributed by atoms with Gasteiger partial charge in [0.05, 0.1) is 4.92 Å². The number of nitro benzene ring substituents is 1. The smallest absolute Gasteiger partial charge is 0.423 e. The van der Waals surface area contributed by atoms with Gasteiger partial charge < -0.3 is 25.2 Å². The molecule has 0 unspecified atom stereocenters. The lowest BCUT2D eigenvalue weighted by Crippen LogP contribution is -2.51. The predicted molar refractivity (Wildman–Crippen MR) is 131 cm³/mol. The molecule has 1 aliphatic heterocycles. The molecule has 0 atom stereocenters. The second-order valence-corrected chi connectivity index (χ2v) is 9.09. The number of pyridine rings is 1. The van der Waals surface area contributed by atoms with Gasteiger partial charge in [-0.05, 0) is 43.9 Å². The summed E-state index contributed by atoms with van der Waals surface area (Å²) in [4.78, 5) is 30.2. The van der Waals surface area contributed by atoms with Crippen LogP contribution in [-0.2, 0) is 6.18 Å². The number of hydrogen-bond donors (Lipinski definition) is 2. The van der Waals surface area contributed by atoms with Crippen molar-refractivity contribution in [2.45, 2.75) is 44.0 Å². The lowest BCUT2D eigenvalue weighted by molar-refractivity contribution is -0.388. The van der Waals surface area contributed by atoms with E-state index in [-0.39, 0.29) is 23.9 Å². The van der Waals surface area contributed by atoms with Crippen molar-refractivity contribution in [1.29, 1.82) is 0 Å². The zero-order valence-electron chi connectivity index (χ0n) is 20.3. The number of nitrogens with zero attached hydrogens (tertiary/aromatic N) is 4. The first-order valence-corrected chi connectivity index (χ1v) is 12.1. The molecule has 0 spiro atoms. The zero-order chi connectivity index (χ0) is 26.6. The molecule has 0 radical (unpaired) electrons. The number of carbonyl (C=O) groups excluding carboxylic acids is 1. The van der Waals surface area contributed by atoms with Crippen LogP contribution in [0.2, 0.25) is 0 Å². The molecule has 2 aliphatic rings. The Hall–Kier alpha value is -3.77. The number of halogens is 3. The van der Waals surface area contributed by atoms with Crippen LogP contribution in [0, 0.1) is 10.1 Å². The molecule has 1 aromatic carbocycles. The number of urea groups is 1. The fraction of sp³-hybridized carbons (Fsp3) is 0.500. The quantitative estimate of drug-likeness (QED) is 0.430.